The van der Waals surface area contributed by atoms with Gasteiger partial charge in [-0.25, -0.2) is 0 Å². The summed E-state index contributed by atoms with van der Waals surface area (Å²) in [5.74, 6) is 1.65. The van der Waals surface area contributed by atoms with Gasteiger partial charge < -0.3 is 10.1 Å². The third kappa shape index (κ3) is 3.26. The lowest BCUT2D eigenvalue weighted by Crippen LogP contribution is -2.11. The zero-order valence-corrected chi connectivity index (χ0v) is 12.0. The van der Waals surface area contributed by atoms with Crippen molar-refractivity contribution in [1.29, 1.82) is 0 Å². The number of hydrogen-bond donors (Lipinski definition) is 1. The van der Waals surface area contributed by atoms with Crippen molar-refractivity contribution in [1.82, 2.24) is 5.32 Å². The standard InChI is InChI=1S/C16H25NO/c1-16(2,3)10-12-5-6-15(18-4)14(9-12)13-7-8-17-11-13/h5-6,9,13,17H,7-8,10-11H2,1-4H3. The molecule has 0 amide bonds. The quantitative estimate of drug-likeness (QED) is 0.884. The summed E-state index contributed by atoms with van der Waals surface area (Å²) in [5.41, 5.74) is 3.13. The minimum atomic E-state index is 0.333. The highest BCUT2D eigenvalue weighted by Crippen LogP contribution is 2.33. The molecule has 2 rings (SSSR count). The third-order valence-corrected chi connectivity index (χ3v) is 3.53. The Labute approximate surface area is 111 Å². The Morgan fingerprint density at radius 2 is 2.11 bits per heavy atom. The fraction of sp³-hybridized carbons (Fsp3) is 0.625. The van der Waals surface area contributed by atoms with Gasteiger partial charge in [-0.2, -0.15) is 0 Å². The minimum Gasteiger partial charge on any atom is -0.496 e. The Morgan fingerprint density at radius 1 is 1.33 bits per heavy atom. The SMILES string of the molecule is COc1ccc(CC(C)(C)C)cc1C1CCNC1. The van der Waals surface area contributed by atoms with E-state index in [0.717, 1.165) is 25.3 Å². The van der Waals surface area contributed by atoms with E-state index in [-0.39, 0.29) is 0 Å². The van der Waals surface area contributed by atoms with E-state index in [9.17, 15) is 0 Å². The molecule has 0 spiro atoms. The summed E-state index contributed by atoms with van der Waals surface area (Å²) in [6.07, 6.45) is 2.33. The highest BCUT2D eigenvalue weighted by Gasteiger charge is 2.21. The van der Waals surface area contributed by atoms with Crippen LogP contribution in [0.4, 0.5) is 0 Å². The second-order valence-electron chi connectivity index (χ2n) is 6.50. The van der Waals surface area contributed by atoms with Gasteiger partial charge in [0.25, 0.3) is 0 Å². The van der Waals surface area contributed by atoms with Gasteiger partial charge in [-0.3, -0.25) is 0 Å². The maximum Gasteiger partial charge on any atom is 0.122 e. The summed E-state index contributed by atoms with van der Waals surface area (Å²) in [6.45, 7) is 9.06. The molecule has 0 bridgehead atoms. The summed E-state index contributed by atoms with van der Waals surface area (Å²) >= 11 is 0. The van der Waals surface area contributed by atoms with Crippen molar-refractivity contribution in [3.05, 3.63) is 29.3 Å². The first kappa shape index (κ1) is 13.4. The molecule has 1 aromatic rings. The van der Waals surface area contributed by atoms with Crippen molar-refractivity contribution in [2.45, 2.75) is 39.5 Å². The van der Waals surface area contributed by atoms with Crippen LogP contribution in [0.3, 0.4) is 0 Å². The van der Waals surface area contributed by atoms with Crippen LogP contribution in [0, 0.1) is 5.41 Å². The molecule has 1 saturated heterocycles. The van der Waals surface area contributed by atoms with Crippen LogP contribution in [-0.4, -0.2) is 20.2 Å². The summed E-state index contributed by atoms with van der Waals surface area (Å²) in [7, 11) is 1.77. The van der Waals surface area contributed by atoms with Gasteiger partial charge in [-0.05, 0) is 42.0 Å². The molecule has 2 nitrogen and oxygen atoms in total. The van der Waals surface area contributed by atoms with Crippen LogP contribution in [0.25, 0.3) is 0 Å². The van der Waals surface area contributed by atoms with E-state index in [2.05, 4.69) is 44.3 Å². The molecule has 1 aliphatic rings. The molecule has 1 heterocycles. The van der Waals surface area contributed by atoms with Gasteiger partial charge in [0, 0.05) is 12.5 Å². The van der Waals surface area contributed by atoms with Gasteiger partial charge in [-0.1, -0.05) is 32.9 Å². The number of rotatable bonds is 3. The lowest BCUT2D eigenvalue weighted by molar-refractivity contribution is 0.400. The van der Waals surface area contributed by atoms with Crippen LogP contribution in [0.5, 0.6) is 5.75 Å². The molecule has 0 radical (unpaired) electrons. The number of benzene rings is 1. The predicted octanol–water partition coefficient (Wildman–Crippen LogP) is 3.36. The van der Waals surface area contributed by atoms with Crippen LogP contribution in [0.2, 0.25) is 0 Å². The number of nitrogens with one attached hydrogen (secondary N) is 1. The van der Waals surface area contributed by atoms with Crippen molar-refractivity contribution >= 4 is 0 Å². The van der Waals surface area contributed by atoms with Crippen molar-refractivity contribution in [2.24, 2.45) is 5.41 Å². The second-order valence-corrected chi connectivity index (χ2v) is 6.50. The molecular formula is C16H25NO. The lowest BCUT2D eigenvalue weighted by atomic mass is 9.86. The van der Waals surface area contributed by atoms with Gasteiger partial charge in [0.1, 0.15) is 5.75 Å². The van der Waals surface area contributed by atoms with Gasteiger partial charge in [0.05, 0.1) is 7.11 Å². The summed E-state index contributed by atoms with van der Waals surface area (Å²) in [5, 5.41) is 3.43. The van der Waals surface area contributed by atoms with Crippen LogP contribution in [0.15, 0.2) is 18.2 Å². The molecule has 2 heteroatoms. The van der Waals surface area contributed by atoms with Crippen LogP contribution in [-0.2, 0) is 6.42 Å². The highest BCUT2D eigenvalue weighted by molar-refractivity contribution is 5.40. The Kier molecular flexibility index (Phi) is 3.96. The Balaban J connectivity index is 2.27. The van der Waals surface area contributed by atoms with Crippen LogP contribution >= 0.6 is 0 Å². The van der Waals surface area contributed by atoms with Crippen molar-refractivity contribution in [2.75, 3.05) is 20.2 Å². The fourth-order valence-electron chi connectivity index (χ4n) is 2.75. The predicted molar refractivity (Wildman–Crippen MR) is 76.4 cm³/mol. The van der Waals surface area contributed by atoms with Gasteiger partial charge in [0.2, 0.25) is 0 Å². The van der Waals surface area contributed by atoms with Crippen LogP contribution < -0.4 is 10.1 Å². The average molecular weight is 247 g/mol. The summed E-state index contributed by atoms with van der Waals surface area (Å²) in [4.78, 5) is 0. The van der Waals surface area contributed by atoms with Gasteiger partial charge >= 0.3 is 0 Å². The molecule has 18 heavy (non-hydrogen) atoms. The largest absolute Gasteiger partial charge is 0.496 e. The molecule has 0 saturated carbocycles. The highest BCUT2D eigenvalue weighted by atomic mass is 16.5. The normalized spacial score (nSPS) is 20.1. The Hall–Kier alpha value is -1.02. The average Bonchev–Trinajstić information content (AvgIpc) is 2.80. The van der Waals surface area contributed by atoms with E-state index < -0.39 is 0 Å². The zero-order chi connectivity index (χ0) is 13.2. The number of ether oxygens (including phenoxy) is 1. The van der Waals surface area contributed by atoms with Crippen molar-refractivity contribution < 1.29 is 4.74 Å². The molecule has 1 aliphatic heterocycles. The fourth-order valence-corrected chi connectivity index (χ4v) is 2.75. The molecule has 1 N–H and O–H groups in total. The summed E-state index contributed by atoms with van der Waals surface area (Å²) < 4.78 is 5.52. The lowest BCUT2D eigenvalue weighted by Gasteiger charge is -2.21. The molecule has 100 valence electrons. The molecule has 1 fully saturated rings. The van der Waals surface area contributed by atoms with E-state index in [1.807, 2.05) is 0 Å². The second kappa shape index (κ2) is 5.31. The molecule has 1 aromatic carbocycles. The number of hydrogen-bond acceptors (Lipinski definition) is 2. The maximum atomic E-state index is 5.52. The molecule has 1 atom stereocenters. The number of methoxy groups -OCH3 is 1. The Morgan fingerprint density at radius 3 is 2.67 bits per heavy atom. The van der Waals surface area contributed by atoms with E-state index in [1.165, 1.54) is 17.5 Å². The first-order chi connectivity index (χ1) is 8.49. The molecule has 0 aromatic heterocycles. The third-order valence-electron chi connectivity index (χ3n) is 3.53. The molecular weight excluding hydrogens is 222 g/mol. The molecule has 0 aliphatic carbocycles. The smallest absolute Gasteiger partial charge is 0.122 e. The van der Waals surface area contributed by atoms with Crippen LogP contribution in [0.1, 0.15) is 44.2 Å². The van der Waals surface area contributed by atoms with E-state index in [0.29, 0.717) is 11.3 Å². The summed E-state index contributed by atoms with van der Waals surface area (Å²) in [6, 6.07) is 6.69. The topological polar surface area (TPSA) is 21.3 Å². The Bertz CT molecular complexity index is 400. The molecule has 1 unspecified atom stereocenters. The first-order valence-corrected chi connectivity index (χ1v) is 6.87. The van der Waals surface area contributed by atoms with E-state index in [4.69, 9.17) is 4.74 Å². The van der Waals surface area contributed by atoms with E-state index >= 15 is 0 Å². The van der Waals surface area contributed by atoms with Gasteiger partial charge in [-0.15, -0.1) is 0 Å². The van der Waals surface area contributed by atoms with Crippen molar-refractivity contribution in [3.8, 4) is 5.75 Å². The zero-order valence-electron chi connectivity index (χ0n) is 12.0. The van der Waals surface area contributed by atoms with Crippen molar-refractivity contribution in [3.63, 3.8) is 0 Å². The monoisotopic (exact) mass is 247 g/mol. The van der Waals surface area contributed by atoms with E-state index in [1.54, 1.807) is 7.11 Å². The van der Waals surface area contributed by atoms with Gasteiger partial charge in [0.15, 0.2) is 0 Å². The first-order valence-electron chi connectivity index (χ1n) is 6.87. The maximum absolute atomic E-state index is 5.52. The minimum absolute atomic E-state index is 0.333.